The number of hydrogen-bond donors (Lipinski definition) is 2. The predicted octanol–water partition coefficient (Wildman–Crippen LogP) is 2.51. The van der Waals surface area contributed by atoms with Crippen LogP contribution in [0.4, 0.5) is 0 Å². The van der Waals surface area contributed by atoms with E-state index >= 15 is 0 Å². The van der Waals surface area contributed by atoms with Crippen molar-refractivity contribution < 1.29 is 23.9 Å². The Bertz CT molecular complexity index is 1140. The molecule has 2 N–H and O–H groups in total. The van der Waals surface area contributed by atoms with Gasteiger partial charge < -0.3 is 25.0 Å². The van der Waals surface area contributed by atoms with Gasteiger partial charge in [-0.15, -0.1) is 0 Å². The maximum Gasteiger partial charge on any atom is 0.273 e. The Morgan fingerprint density at radius 1 is 1.14 bits per heavy atom. The fourth-order valence-corrected chi connectivity index (χ4v) is 5.00. The van der Waals surface area contributed by atoms with Gasteiger partial charge in [0.25, 0.3) is 11.8 Å². The molecule has 0 saturated heterocycles. The fourth-order valence-electron chi connectivity index (χ4n) is 5.00. The molecule has 2 aliphatic rings. The Kier molecular flexibility index (Phi) is 7.51. The fraction of sp³-hybridized carbons (Fsp3) is 0.538. The molecule has 1 aliphatic heterocycles. The quantitative estimate of drug-likeness (QED) is 0.550. The molecule has 1 saturated carbocycles. The van der Waals surface area contributed by atoms with E-state index in [1.54, 1.807) is 38.2 Å². The number of hydrogen-bond acceptors (Lipinski definition) is 6. The van der Waals surface area contributed by atoms with Gasteiger partial charge in [-0.2, -0.15) is 5.10 Å². The molecule has 0 spiro atoms. The molecule has 2 aromatic rings. The first kappa shape index (κ1) is 25.5. The van der Waals surface area contributed by atoms with Crippen LogP contribution in [0.3, 0.4) is 0 Å². The molecule has 0 radical (unpaired) electrons. The third-order valence-corrected chi connectivity index (χ3v) is 7.06. The summed E-state index contributed by atoms with van der Waals surface area (Å²) >= 11 is 0. The first-order valence-corrected chi connectivity index (χ1v) is 12.5. The van der Waals surface area contributed by atoms with Crippen LogP contribution in [-0.2, 0) is 17.9 Å². The van der Waals surface area contributed by atoms with E-state index in [4.69, 9.17) is 9.47 Å². The lowest BCUT2D eigenvalue weighted by molar-refractivity contribution is -0.133. The summed E-state index contributed by atoms with van der Waals surface area (Å²) in [5.41, 5.74) is 0.190. The number of methoxy groups -OCH3 is 2. The first-order valence-electron chi connectivity index (χ1n) is 12.5. The van der Waals surface area contributed by atoms with E-state index in [9.17, 15) is 14.4 Å². The van der Waals surface area contributed by atoms with Crippen LogP contribution in [-0.4, -0.2) is 64.7 Å². The van der Waals surface area contributed by atoms with Crippen LogP contribution in [0.15, 0.2) is 24.3 Å². The van der Waals surface area contributed by atoms with Gasteiger partial charge in [-0.1, -0.05) is 25.8 Å². The summed E-state index contributed by atoms with van der Waals surface area (Å²) < 4.78 is 12.1. The molecule has 2 heterocycles. The molecule has 1 aromatic carbocycles. The van der Waals surface area contributed by atoms with E-state index in [1.165, 1.54) is 10.7 Å². The SMILES string of the molecule is CCCN1C(=O)c2cc(C(=O)NCc3ccc(OC)c(OC)c3)nn2C[C@]1(C)C(=O)NC1CCCC1. The van der Waals surface area contributed by atoms with Gasteiger partial charge in [0.2, 0.25) is 5.91 Å². The van der Waals surface area contributed by atoms with Gasteiger partial charge in [0.1, 0.15) is 11.2 Å². The molecular formula is C26H35N5O5. The summed E-state index contributed by atoms with van der Waals surface area (Å²) in [6.07, 6.45) is 4.83. The number of benzene rings is 1. The third kappa shape index (κ3) is 4.89. The number of ether oxygens (including phenoxy) is 2. The Balaban J connectivity index is 1.51. The zero-order valence-corrected chi connectivity index (χ0v) is 21.4. The van der Waals surface area contributed by atoms with Crippen molar-refractivity contribution in [2.45, 2.75) is 70.6 Å². The molecule has 1 atom stereocenters. The van der Waals surface area contributed by atoms with Crippen molar-refractivity contribution in [2.75, 3.05) is 20.8 Å². The maximum absolute atomic E-state index is 13.4. The topological polar surface area (TPSA) is 115 Å². The number of nitrogens with zero attached hydrogens (tertiary/aromatic N) is 3. The highest BCUT2D eigenvalue weighted by molar-refractivity contribution is 6.02. The molecule has 1 aromatic heterocycles. The molecule has 10 heteroatoms. The van der Waals surface area contributed by atoms with Crippen molar-refractivity contribution in [2.24, 2.45) is 0 Å². The van der Waals surface area contributed by atoms with E-state index in [2.05, 4.69) is 15.7 Å². The van der Waals surface area contributed by atoms with E-state index in [0.717, 1.165) is 31.2 Å². The van der Waals surface area contributed by atoms with Crippen LogP contribution in [0, 0.1) is 0 Å². The lowest BCUT2D eigenvalue weighted by atomic mass is 9.94. The molecule has 1 fully saturated rings. The van der Waals surface area contributed by atoms with Gasteiger partial charge in [0, 0.05) is 25.2 Å². The van der Waals surface area contributed by atoms with E-state index < -0.39 is 11.4 Å². The molecule has 0 unspecified atom stereocenters. The van der Waals surface area contributed by atoms with Gasteiger partial charge in [-0.05, 0) is 43.9 Å². The minimum Gasteiger partial charge on any atom is -0.493 e. The second kappa shape index (κ2) is 10.6. The highest BCUT2D eigenvalue weighted by Gasteiger charge is 2.48. The number of carbonyl (C=O) groups is 3. The smallest absolute Gasteiger partial charge is 0.273 e. The second-order valence-electron chi connectivity index (χ2n) is 9.63. The summed E-state index contributed by atoms with van der Waals surface area (Å²) in [7, 11) is 3.11. The normalized spacial score (nSPS) is 19.7. The first-order chi connectivity index (χ1) is 17.3. The van der Waals surface area contributed by atoms with E-state index in [1.807, 2.05) is 13.0 Å². The summed E-state index contributed by atoms with van der Waals surface area (Å²) in [6.45, 7) is 4.64. The number of fused-ring (bicyclic) bond motifs is 1. The van der Waals surface area contributed by atoms with Crippen LogP contribution in [0.25, 0.3) is 0 Å². The van der Waals surface area contributed by atoms with Crippen molar-refractivity contribution in [3.8, 4) is 11.5 Å². The summed E-state index contributed by atoms with van der Waals surface area (Å²) in [6, 6.07) is 7.04. The van der Waals surface area contributed by atoms with Crippen LogP contribution >= 0.6 is 0 Å². The zero-order valence-electron chi connectivity index (χ0n) is 21.4. The van der Waals surface area contributed by atoms with Gasteiger partial charge in [0.05, 0.1) is 20.8 Å². The zero-order chi connectivity index (χ0) is 25.9. The number of carbonyl (C=O) groups excluding carboxylic acids is 3. The molecule has 1 aliphatic carbocycles. The molecular weight excluding hydrogens is 462 g/mol. The monoisotopic (exact) mass is 497 g/mol. The standard InChI is InChI=1S/C26H35N5O5/c1-5-12-30-24(33)20-14-19(23(32)27-15-17-10-11-21(35-3)22(13-17)36-4)29-31(20)16-26(30,2)25(34)28-18-8-6-7-9-18/h10-11,13-14,18H,5-9,12,15-16H2,1-4H3,(H,27,32)(H,28,34)/t26-/m1/s1. The summed E-state index contributed by atoms with van der Waals surface area (Å²) in [5, 5.41) is 10.4. The predicted molar refractivity (Wildman–Crippen MR) is 133 cm³/mol. The second-order valence-corrected chi connectivity index (χ2v) is 9.63. The van der Waals surface area contributed by atoms with Crippen molar-refractivity contribution in [1.29, 1.82) is 0 Å². The largest absolute Gasteiger partial charge is 0.493 e. The Hall–Kier alpha value is -3.56. The highest BCUT2D eigenvalue weighted by Crippen LogP contribution is 2.30. The number of rotatable bonds is 9. The third-order valence-electron chi connectivity index (χ3n) is 7.06. The molecule has 4 rings (SSSR count). The van der Waals surface area contributed by atoms with Gasteiger partial charge in [-0.3, -0.25) is 19.1 Å². The summed E-state index contributed by atoms with van der Waals surface area (Å²) in [4.78, 5) is 41.3. The van der Waals surface area contributed by atoms with Gasteiger partial charge in [-0.25, -0.2) is 0 Å². The van der Waals surface area contributed by atoms with Crippen LogP contribution in [0.5, 0.6) is 11.5 Å². The van der Waals surface area contributed by atoms with Crippen LogP contribution in [0.1, 0.15) is 72.5 Å². The molecule has 3 amide bonds. The van der Waals surface area contributed by atoms with Gasteiger partial charge in [0.15, 0.2) is 17.2 Å². The lowest BCUT2D eigenvalue weighted by Crippen LogP contribution is -2.65. The molecule has 36 heavy (non-hydrogen) atoms. The van der Waals surface area contributed by atoms with Crippen LogP contribution in [0.2, 0.25) is 0 Å². The van der Waals surface area contributed by atoms with E-state index in [-0.39, 0.29) is 36.6 Å². The molecule has 10 nitrogen and oxygen atoms in total. The average Bonchev–Trinajstić information content (AvgIpc) is 3.55. The number of nitrogens with one attached hydrogen (secondary N) is 2. The maximum atomic E-state index is 13.4. The minimum absolute atomic E-state index is 0.135. The highest BCUT2D eigenvalue weighted by atomic mass is 16.5. The van der Waals surface area contributed by atoms with Crippen molar-refractivity contribution in [1.82, 2.24) is 25.3 Å². The number of amides is 3. The minimum atomic E-state index is -1.08. The average molecular weight is 498 g/mol. The van der Waals surface area contributed by atoms with E-state index in [0.29, 0.717) is 30.2 Å². The van der Waals surface area contributed by atoms with Gasteiger partial charge >= 0.3 is 0 Å². The Morgan fingerprint density at radius 2 is 1.86 bits per heavy atom. The van der Waals surface area contributed by atoms with Crippen LogP contribution < -0.4 is 20.1 Å². The molecule has 194 valence electrons. The summed E-state index contributed by atoms with van der Waals surface area (Å²) in [5.74, 6) is 0.303. The Morgan fingerprint density at radius 3 is 2.53 bits per heavy atom. The molecule has 0 bridgehead atoms. The van der Waals surface area contributed by atoms with Crippen molar-refractivity contribution in [3.05, 3.63) is 41.2 Å². The van der Waals surface area contributed by atoms with Crippen molar-refractivity contribution >= 4 is 17.7 Å². The van der Waals surface area contributed by atoms with Crippen molar-refractivity contribution in [3.63, 3.8) is 0 Å². The Labute approximate surface area is 211 Å². The lowest BCUT2D eigenvalue weighted by Gasteiger charge is -2.43. The number of aromatic nitrogens is 2.